The first-order chi connectivity index (χ1) is 12.1. The number of halogens is 3. The van der Waals surface area contributed by atoms with Crippen LogP contribution >= 0.6 is 11.8 Å². The molecule has 0 fully saturated rings. The first kappa shape index (κ1) is 19.6. The van der Waals surface area contributed by atoms with Gasteiger partial charge < -0.3 is 21.5 Å². The summed E-state index contributed by atoms with van der Waals surface area (Å²) < 4.78 is 43.6. The third-order valence-corrected chi connectivity index (χ3v) is 3.90. The number of hydrogen-bond donors (Lipinski definition) is 3. The van der Waals surface area contributed by atoms with Gasteiger partial charge in [-0.25, -0.2) is 4.98 Å². The molecule has 1 atom stereocenters. The smallest absolute Gasteiger partial charge is 0.416 e. The van der Waals surface area contributed by atoms with Crippen LogP contribution in [-0.2, 0) is 11.0 Å². The molecule has 0 saturated carbocycles. The van der Waals surface area contributed by atoms with Gasteiger partial charge >= 0.3 is 6.18 Å². The first-order valence-electron chi connectivity index (χ1n) is 7.23. The normalized spacial score (nSPS) is 12.5. The maximum Gasteiger partial charge on any atom is 0.416 e. The summed E-state index contributed by atoms with van der Waals surface area (Å²) in [5.74, 6) is -0.829. The van der Waals surface area contributed by atoms with Gasteiger partial charge in [-0.1, -0.05) is 6.07 Å². The summed E-state index contributed by atoms with van der Waals surface area (Å²) in [6, 6.07) is 4.26. The van der Waals surface area contributed by atoms with Crippen molar-refractivity contribution < 1.29 is 22.7 Å². The summed E-state index contributed by atoms with van der Waals surface area (Å²) in [7, 11) is 0. The van der Waals surface area contributed by atoms with Crippen LogP contribution in [-0.4, -0.2) is 28.2 Å². The van der Waals surface area contributed by atoms with Crippen LogP contribution in [0.3, 0.4) is 0 Å². The van der Waals surface area contributed by atoms with Crippen LogP contribution in [0.5, 0.6) is 5.88 Å². The third-order valence-electron chi connectivity index (χ3n) is 3.20. The van der Waals surface area contributed by atoms with E-state index in [1.165, 1.54) is 30.8 Å². The minimum Gasteiger partial charge on any atom is -0.463 e. The number of nitrogens with zero attached hydrogens (tertiary/aromatic N) is 2. The highest BCUT2D eigenvalue weighted by molar-refractivity contribution is 7.98. The lowest BCUT2D eigenvalue weighted by atomic mass is 10.2. The molecular weight excluding hydrogens is 371 g/mol. The van der Waals surface area contributed by atoms with Crippen LogP contribution in [0.2, 0.25) is 0 Å². The Morgan fingerprint density at radius 2 is 2.00 bits per heavy atom. The SMILES string of the molecule is CSc1nc(N)nc(O[C@H](C)C(=O)Nc2cccc(C(F)(F)F)c2)c1N. The molecule has 5 N–H and O–H groups in total. The molecule has 11 heteroatoms. The Labute approximate surface area is 151 Å². The summed E-state index contributed by atoms with van der Waals surface area (Å²) in [6.07, 6.45) is -3.87. The van der Waals surface area contributed by atoms with E-state index in [-0.39, 0.29) is 23.2 Å². The van der Waals surface area contributed by atoms with Crippen LogP contribution in [0.15, 0.2) is 29.3 Å². The monoisotopic (exact) mass is 387 g/mol. The summed E-state index contributed by atoms with van der Waals surface area (Å²) in [6.45, 7) is 1.40. The number of hydrogen-bond acceptors (Lipinski definition) is 7. The average Bonchev–Trinajstić information content (AvgIpc) is 2.57. The number of nitrogens with two attached hydrogens (primary N) is 2. The fourth-order valence-corrected chi connectivity index (χ4v) is 2.42. The molecule has 1 heterocycles. The maximum absolute atomic E-state index is 12.7. The number of benzene rings is 1. The molecule has 0 bridgehead atoms. The maximum atomic E-state index is 12.7. The third kappa shape index (κ3) is 4.69. The number of nitrogens with one attached hydrogen (secondary N) is 1. The highest BCUT2D eigenvalue weighted by Crippen LogP contribution is 2.31. The predicted octanol–water partition coefficient (Wildman–Crippen LogP) is 2.79. The minimum absolute atomic E-state index is 0.0137. The van der Waals surface area contributed by atoms with Crippen molar-refractivity contribution in [3.63, 3.8) is 0 Å². The van der Waals surface area contributed by atoms with E-state index in [2.05, 4.69) is 15.3 Å². The molecule has 0 radical (unpaired) electrons. The topological polar surface area (TPSA) is 116 Å². The molecule has 2 aromatic rings. The van der Waals surface area contributed by atoms with Crippen LogP contribution in [0.1, 0.15) is 12.5 Å². The number of amides is 1. The molecule has 1 aromatic carbocycles. The fraction of sp³-hybridized carbons (Fsp3) is 0.267. The Morgan fingerprint density at radius 1 is 1.31 bits per heavy atom. The van der Waals surface area contributed by atoms with Gasteiger partial charge in [0.1, 0.15) is 10.7 Å². The van der Waals surface area contributed by atoms with Crippen molar-refractivity contribution >= 4 is 35.0 Å². The van der Waals surface area contributed by atoms with Crippen molar-refractivity contribution in [3.05, 3.63) is 29.8 Å². The van der Waals surface area contributed by atoms with E-state index >= 15 is 0 Å². The largest absolute Gasteiger partial charge is 0.463 e. The number of ether oxygens (including phenoxy) is 1. The van der Waals surface area contributed by atoms with Crippen LogP contribution in [0.25, 0.3) is 0 Å². The lowest BCUT2D eigenvalue weighted by Crippen LogP contribution is -2.31. The van der Waals surface area contributed by atoms with Gasteiger partial charge in [0.15, 0.2) is 6.10 Å². The quantitative estimate of drug-likeness (QED) is 0.533. The van der Waals surface area contributed by atoms with Crippen molar-refractivity contribution in [1.29, 1.82) is 0 Å². The zero-order chi connectivity index (χ0) is 19.5. The van der Waals surface area contributed by atoms with Gasteiger partial charge in [0.25, 0.3) is 5.91 Å². The van der Waals surface area contributed by atoms with E-state index in [1.54, 1.807) is 6.26 Å². The average molecular weight is 387 g/mol. The van der Waals surface area contributed by atoms with E-state index in [1.807, 2.05) is 0 Å². The molecule has 0 spiro atoms. The second kappa shape index (κ2) is 7.68. The molecule has 0 unspecified atom stereocenters. The van der Waals surface area contributed by atoms with Crippen molar-refractivity contribution in [2.45, 2.75) is 24.2 Å². The summed E-state index contributed by atoms with van der Waals surface area (Å²) in [5.41, 5.74) is 10.6. The fourth-order valence-electron chi connectivity index (χ4n) is 1.93. The Bertz CT molecular complexity index is 816. The molecule has 140 valence electrons. The van der Waals surface area contributed by atoms with Crippen LogP contribution in [0.4, 0.5) is 30.5 Å². The first-order valence-corrected chi connectivity index (χ1v) is 8.46. The second-order valence-corrected chi connectivity index (χ2v) is 5.93. The lowest BCUT2D eigenvalue weighted by molar-refractivity contribution is -0.137. The van der Waals surface area contributed by atoms with Crippen molar-refractivity contribution in [3.8, 4) is 5.88 Å². The van der Waals surface area contributed by atoms with Gasteiger partial charge in [-0.15, -0.1) is 11.8 Å². The highest BCUT2D eigenvalue weighted by Gasteiger charge is 2.30. The Balaban J connectivity index is 2.13. The number of aromatic nitrogens is 2. The summed E-state index contributed by atoms with van der Waals surface area (Å²) >= 11 is 1.22. The van der Waals surface area contributed by atoms with E-state index in [4.69, 9.17) is 16.2 Å². The van der Waals surface area contributed by atoms with E-state index < -0.39 is 23.8 Å². The number of rotatable bonds is 5. The number of carbonyl (C=O) groups excluding carboxylic acids is 1. The standard InChI is InChI=1S/C15H16F3N5O2S/c1-7(25-12-10(19)13(26-2)23-14(20)22-12)11(24)21-9-5-3-4-8(6-9)15(16,17)18/h3-7H,19H2,1-2H3,(H,21,24)(H2,20,22,23)/t7-/m1/s1. The van der Waals surface area contributed by atoms with E-state index in [9.17, 15) is 18.0 Å². The van der Waals surface area contributed by atoms with Crippen LogP contribution < -0.4 is 21.5 Å². The van der Waals surface area contributed by atoms with Crippen molar-refractivity contribution in [2.24, 2.45) is 0 Å². The number of carbonyl (C=O) groups is 1. The summed E-state index contributed by atoms with van der Waals surface area (Å²) in [5, 5.41) is 2.74. The van der Waals surface area contributed by atoms with Gasteiger partial charge in [0.2, 0.25) is 11.8 Å². The number of thioether (sulfide) groups is 1. The molecule has 1 amide bonds. The molecule has 0 aliphatic carbocycles. The van der Waals surface area contributed by atoms with Crippen molar-refractivity contribution in [1.82, 2.24) is 9.97 Å². The zero-order valence-electron chi connectivity index (χ0n) is 13.8. The Kier molecular flexibility index (Phi) is 5.80. The number of alkyl halides is 3. The molecule has 26 heavy (non-hydrogen) atoms. The number of anilines is 3. The van der Waals surface area contributed by atoms with Gasteiger partial charge in [-0.05, 0) is 31.4 Å². The predicted molar refractivity (Wildman–Crippen MR) is 92.8 cm³/mol. The Morgan fingerprint density at radius 3 is 2.62 bits per heavy atom. The van der Waals surface area contributed by atoms with E-state index in [0.29, 0.717) is 5.03 Å². The van der Waals surface area contributed by atoms with Gasteiger partial charge in [-0.3, -0.25) is 4.79 Å². The van der Waals surface area contributed by atoms with Gasteiger partial charge in [0, 0.05) is 5.69 Å². The van der Waals surface area contributed by atoms with E-state index in [0.717, 1.165) is 12.1 Å². The highest BCUT2D eigenvalue weighted by atomic mass is 32.2. The molecule has 2 rings (SSSR count). The van der Waals surface area contributed by atoms with Gasteiger partial charge in [-0.2, -0.15) is 18.2 Å². The minimum atomic E-state index is -4.51. The van der Waals surface area contributed by atoms with Crippen molar-refractivity contribution in [2.75, 3.05) is 23.0 Å². The molecule has 0 saturated heterocycles. The zero-order valence-corrected chi connectivity index (χ0v) is 14.6. The molecule has 0 aliphatic heterocycles. The lowest BCUT2D eigenvalue weighted by Gasteiger charge is -2.16. The molecule has 7 nitrogen and oxygen atoms in total. The molecule has 0 aliphatic rings. The Hall–Kier alpha value is -2.69. The molecular formula is C15H16F3N5O2S. The van der Waals surface area contributed by atoms with Gasteiger partial charge in [0.05, 0.1) is 5.56 Å². The molecule has 1 aromatic heterocycles. The number of nitrogen functional groups attached to an aromatic ring is 2. The summed E-state index contributed by atoms with van der Waals surface area (Å²) in [4.78, 5) is 19.9. The second-order valence-electron chi connectivity index (χ2n) is 5.14. The van der Waals surface area contributed by atoms with Crippen LogP contribution in [0, 0.1) is 0 Å².